The van der Waals surface area contributed by atoms with Crippen molar-refractivity contribution in [3.63, 3.8) is 0 Å². The highest BCUT2D eigenvalue weighted by molar-refractivity contribution is 7.98. The Morgan fingerprint density at radius 2 is 1.50 bits per heavy atom. The van der Waals surface area contributed by atoms with E-state index in [9.17, 15) is 9.59 Å². The maximum Gasteiger partial charge on any atom is 0.338 e. The molecule has 1 amide bonds. The summed E-state index contributed by atoms with van der Waals surface area (Å²) >= 11 is 1.76. The minimum absolute atomic E-state index is 0.189. The lowest BCUT2D eigenvalue weighted by molar-refractivity contribution is 0.0526. The summed E-state index contributed by atoms with van der Waals surface area (Å²) in [6, 6.07) is 24.4. The Labute approximate surface area is 168 Å². The van der Waals surface area contributed by atoms with Crippen LogP contribution in [0.15, 0.2) is 83.8 Å². The van der Waals surface area contributed by atoms with Crippen LogP contribution in [0, 0.1) is 0 Å². The van der Waals surface area contributed by atoms with E-state index in [-0.39, 0.29) is 11.9 Å². The summed E-state index contributed by atoms with van der Waals surface area (Å²) in [5.41, 5.74) is 2.83. The van der Waals surface area contributed by atoms with Crippen LogP contribution in [0.5, 0.6) is 0 Å². The van der Waals surface area contributed by atoms with Gasteiger partial charge in [-0.3, -0.25) is 4.79 Å². The van der Waals surface area contributed by atoms with Gasteiger partial charge in [-0.25, -0.2) is 4.79 Å². The number of thioether (sulfide) groups is 1. The highest BCUT2D eigenvalue weighted by atomic mass is 32.2. The molecule has 142 valence electrons. The molecule has 0 heterocycles. The molecule has 0 aliphatic heterocycles. The Hall–Kier alpha value is -3.05. The molecule has 3 aromatic rings. The molecule has 0 fully saturated rings. The van der Waals surface area contributed by atoms with Crippen LogP contribution in [0.25, 0.3) is 0 Å². The Morgan fingerprint density at radius 1 is 0.857 bits per heavy atom. The SMILES string of the molecule is CCOC(=O)c1ccc(NC(=O)c2ccc(CSc3ccccc3)cc2)cc1. The standard InChI is InChI=1S/C23H21NO3S/c1-2-27-23(26)19-12-14-20(15-13-19)24-22(25)18-10-8-17(9-11-18)16-28-21-6-4-3-5-7-21/h3-15H,2,16H2,1H3,(H,24,25). The van der Waals surface area contributed by atoms with Crippen LogP contribution in [0.1, 0.15) is 33.2 Å². The summed E-state index contributed by atoms with van der Waals surface area (Å²) in [7, 11) is 0. The van der Waals surface area contributed by atoms with Gasteiger partial charge in [0, 0.05) is 21.9 Å². The Kier molecular flexibility index (Phi) is 6.87. The van der Waals surface area contributed by atoms with Gasteiger partial charge in [-0.2, -0.15) is 0 Å². The van der Waals surface area contributed by atoms with Crippen molar-refractivity contribution in [2.45, 2.75) is 17.6 Å². The van der Waals surface area contributed by atoms with Crippen LogP contribution in [0.3, 0.4) is 0 Å². The molecule has 28 heavy (non-hydrogen) atoms. The van der Waals surface area contributed by atoms with E-state index < -0.39 is 0 Å². The van der Waals surface area contributed by atoms with Gasteiger partial charge in [-0.05, 0) is 61.0 Å². The first kappa shape index (κ1) is 19.7. The van der Waals surface area contributed by atoms with Crippen LogP contribution < -0.4 is 5.32 Å². The minimum atomic E-state index is -0.371. The number of amides is 1. The van der Waals surface area contributed by atoms with E-state index in [0.717, 1.165) is 11.3 Å². The van der Waals surface area contributed by atoms with Crippen LogP contribution >= 0.6 is 11.8 Å². The molecule has 0 saturated heterocycles. The van der Waals surface area contributed by atoms with Crippen molar-refractivity contribution in [1.82, 2.24) is 0 Å². The summed E-state index contributed by atoms with van der Waals surface area (Å²) in [5, 5.41) is 2.84. The number of benzene rings is 3. The second kappa shape index (κ2) is 9.76. The van der Waals surface area contributed by atoms with Crippen LogP contribution in [-0.2, 0) is 10.5 Å². The zero-order valence-electron chi connectivity index (χ0n) is 15.6. The molecule has 0 aliphatic carbocycles. The number of hydrogen-bond acceptors (Lipinski definition) is 4. The molecule has 0 spiro atoms. The third-order valence-corrected chi connectivity index (χ3v) is 5.10. The maximum absolute atomic E-state index is 12.4. The van der Waals surface area contributed by atoms with Gasteiger partial charge in [0.15, 0.2) is 0 Å². The van der Waals surface area contributed by atoms with E-state index in [2.05, 4.69) is 17.4 Å². The highest BCUT2D eigenvalue weighted by Crippen LogP contribution is 2.22. The topological polar surface area (TPSA) is 55.4 Å². The van der Waals surface area contributed by atoms with Crippen LogP contribution in [0.4, 0.5) is 5.69 Å². The smallest absolute Gasteiger partial charge is 0.338 e. The highest BCUT2D eigenvalue weighted by Gasteiger charge is 2.09. The molecule has 0 aromatic heterocycles. The van der Waals surface area contributed by atoms with Gasteiger partial charge in [-0.15, -0.1) is 11.8 Å². The van der Waals surface area contributed by atoms with Gasteiger partial charge >= 0.3 is 5.97 Å². The number of hydrogen-bond donors (Lipinski definition) is 1. The molecule has 0 saturated carbocycles. The van der Waals surface area contributed by atoms with Gasteiger partial charge in [0.25, 0.3) is 5.91 Å². The fourth-order valence-corrected chi connectivity index (χ4v) is 3.42. The van der Waals surface area contributed by atoms with Gasteiger partial charge in [0.05, 0.1) is 12.2 Å². The number of ether oxygens (including phenoxy) is 1. The summed E-state index contributed by atoms with van der Waals surface area (Å²) in [5.74, 6) is 0.289. The molecule has 0 bridgehead atoms. The molecule has 3 aromatic carbocycles. The van der Waals surface area contributed by atoms with Gasteiger partial charge in [0.1, 0.15) is 0 Å². The molecule has 0 unspecified atom stereocenters. The third kappa shape index (κ3) is 5.47. The second-order valence-corrected chi connectivity index (χ2v) is 7.10. The molecule has 0 radical (unpaired) electrons. The number of carbonyl (C=O) groups is 2. The second-order valence-electron chi connectivity index (χ2n) is 6.05. The first-order chi connectivity index (χ1) is 13.7. The Balaban J connectivity index is 1.56. The van der Waals surface area contributed by atoms with Gasteiger partial charge < -0.3 is 10.1 Å². The largest absolute Gasteiger partial charge is 0.462 e. The van der Waals surface area contributed by atoms with Crippen molar-refractivity contribution in [2.24, 2.45) is 0 Å². The number of nitrogens with one attached hydrogen (secondary N) is 1. The van der Waals surface area contributed by atoms with E-state index >= 15 is 0 Å². The molecule has 5 heteroatoms. The average Bonchev–Trinajstić information content (AvgIpc) is 2.74. The normalized spacial score (nSPS) is 10.3. The van der Waals surface area contributed by atoms with Gasteiger partial charge in [0.2, 0.25) is 0 Å². The summed E-state index contributed by atoms with van der Waals surface area (Å²) in [4.78, 5) is 25.3. The van der Waals surface area contributed by atoms with E-state index in [1.807, 2.05) is 42.5 Å². The van der Waals surface area contributed by atoms with Crippen LogP contribution in [0.2, 0.25) is 0 Å². The monoisotopic (exact) mass is 391 g/mol. The third-order valence-electron chi connectivity index (χ3n) is 4.02. The van der Waals surface area contributed by atoms with Gasteiger partial charge in [-0.1, -0.05) is 30.3 Å². The summed E-state index contributed by atoms with van der Waals surface area (Å²) in [6.45, 7) is 2.09. The lowest BCUT2D eigenvalue weighted by atomic mass is 10.1. The van der Waals surface area contributed by atoms with Crippen molar-refractivity contribution in [2.75, 3.05) is 11.9 Å². The quantitative estimate of drug-likeness (QED) is 0.432. The van der Waals surface area contributed by atoms with Crippen molar-refractivity contribution < 1.29 is 14.3 Å². The van der Waals surface area contributed by atoms with E-state index in [0.29, 0.717) is 23.4 Å². The fourth-order valence-electron chi connectivity index (χ4n) is 2.54. The average molecular weight is 391 g/mol. The Bertz CT molecular complexity index is 922. The number of esters is 1. The summed E-state index contributed by atoms with van der Waals surface area (Å²) < 4.78 is 4.95. The molecule has 0 atom stereocenters. The van der Waals surface area contributed by atoms with Crippen molar-refractivity contribution >= 4 is 29.3 Å². The first-order valence-corrected chi connectivity index (χ1v) is 9.99. The number of carbonyl (C=O) groups excluding carboxylic acids is 2. The zero-order valence-corrected chi connectivity index (χ0v) is 16.4. The van der Waals surface area contributed by atoms with Crippen LogP contribution in [-0.4, -0.2) is 18.5 Å². The lowest BCUT2D eigenvalue weighted by Gasteiger charge is -2.08. The predicted molar refractivity (Wildman–Crippen MR) is 113 cm³/mol. The van der Waals surface area contributed by atoms with E-state index in [1.54, 1.807) is 43.0 Å². The maximum atomic E-state index is 12.4. The lowest BCUT2D eigenvalue weighted by Crippen LogP contribution is -2.12. The molecule has 3 rings (SSSR count). The minimum Gasteiger partial charge on any atom is -0.462 e. The molecular formula is C23H21NO3S. The zero-order chi connectivity index (χ0) is 19.8. The summed E-state index contributed by atoms with van der Waals surface area (Å²) in [6.07, 6.45) is 0. The Morgan fingerprint density at radius 3 is 2.14 bits per heavy atom. The number of rotatable bonds is 7. The van der Waals surface area contributed by atoms with E-state index in [4.69, 9.17) is 4.74 Å². The molecule has 1 N–H and O–H groups in total. The van der Waals surface area contributed by atoms with E-state index in [1.165, 1.54) is 4.90 Å². The predicted octanol–water partition coefficient (Wildman–Crippen LogP) is 5.41. The first-order valence-electron chi connectivity index (χ1n) is 9.01. The van der Waals surface area contributed by atoms with Crippen molar-refractivity contribution in [3.8, 4) is 0 Å². The molecule has 0 aliphatic rings. The fraction of sp³-hybridized carbons (Fsp3) is 0.130. The number of anilines is 1. The van der Waals surface area contributed by atoms with Crippen molar-refractivity contribution in [3.05, 3.63) is 95.6 Å². The molecule has 4 nitrogen and oxygen atoms in total. The molecular weight excluding hydrogens is 370 g/mol. The van der Waals surface area contributed by atoms with Crippen molar-refractivity contribution in [1.29, 1.82) is 0 Å².